The van der Waals surface area contributed by atoms with E-state index in [1.807, 2.05) is 24.3 Å². The van der Waals surface area contributed by atoms with Crippen molar-refractivity contribution in [1.82, 2.24) is 4.57 Å². The van der Waals surface area contributed by atoms with Crippen LogP contribution in [0.1, 0.15) is 57.5 Å². The van der Waals surface area contributed by atoms with Gasteiger partial charge >= 0.3 is 5.97 Å². The van der Waals surface area contributed by atoms with Crippen molar-refractivity contribution in [3.8, 4) is 11.3 Å². The third-order valence-electron chi connectivity index (χ3n) is 6.88. The molecule has 0 saturated carbocycles. The van der Waals surface area contributed by atoms with Crippen molar-refractivity contribution >= 4 is 29.1 Å². The quantitative estimate of drug-likeness (QED) is 0.177. The molecule has 0 aliphatic carbocycles. The molecule has 5 rings (SSSR count). The number of benzene rings is 2. The molecule has 41 heavy (non-hydrogen) atoms. The minimum atomic E-state index is -0.722. The molecule has 10 heteroatoms. The lowest BCUT2D eigenvalue weighted by Gasteiger charge is -2.26. The SMILES string of the molecule is CCOC(=O)C1=C(C)N=c2s/c(=C/c3ccc(-c4ccccc4[N+](=O)[O-])o3)c(=O)n2[C@H]1c1ccc(C(C)(C)C)cc1. The zero-order valence-electron chi connectivity index (χ0n) is 23.3. The summed E-state index contributed by atoms with van der Waals surface area (Å²) in [5.74, 6) is 0.150. The zero-order valence-corrected chi connectivity index (χ0v) is 24.2. The van der Waals surface area contributed by atoms with Gasteiger partial charge in [0, 0.05) is 12.1 Å². The maximum atomic E-state index is 13.9. The number of para-hydroxylation sites is 1. The van der Waals surface area contributed by atoms with Gasteiger partial charge in [0.25, 0.3) is 11.2 Å². The Labute approximate surface area is 239 Å². The van der Waals surface area contributed by atoms with Gasteiger partial charge in [0.1, 0.15) is 11.5 Å². The molecule has 0 spiro atoms. The number of carbonyl (C=O) groups excluding carboxylic acids is 1. The second-order valence-electron chi connectivity index (χ2n) is 10.7. The molecule has 1 atom stereocenters. The van der Waals surface area contributed by atoms with Crippen molar-refractivity contribution in [2.75, 3.05) is 6.61 Å². The van der Waals surface area contributed by atoms with Crippen LogP contribution in [0.15, 0.2) is 86.1 Å². The third-order valence-corrected chi connectivity index (χ3v) is 7.86. The number of carbonyl (C=O) groups is 1. The van der Waals surface area contributed by atoms with E-state index in [0.717, 1.165) is 11.1 Å². The Hall–Kier alpha value is -4.57. The van der Waals surface area contributed by atoms with Crippen molar-refractivity contribution in [1.29, 1.82) is 0 Å². The Morgan fingerprint density at radius 1 is 1.15 bits per heavy atom. The van der Waals surface area contributed by atoms with Gasteiger partial charge in [-0.3, -0.25) is 19.5 Å². The average molecular weight is 572 g/mol. The summed E-state index contributed by atoms with van der Waals surface area (Å²) in [5.41, 5.74) is 2.55. The highest BCUT2D eigenvalue weighted by molar-refractivity contribution is 7.07. The van der Waals surface area contributed by atoms with Gasteiger partial charge in [-0.15, -0.1) is 0 Å². The molecule has 0 saturated heterocycles. The summed E-state index contributed by atoms with van der Waals surface area (Å²) in [6.45, 7) is 10.0. The normalized spacial score (nSPS) is 15.4. The first-order chi connectivity index (χ1) is 19.5. The first-order valence-corrected chi connectivity index (χ1v) is 13.9. The minimum absolute atomic E-state index is 0.0647. The van der Waals surface area contributed by atoms with Gasteiger partial charge in [0.15, 0.2) is 4.80 Å². The Bertz CT molecular complexity index is 1870. The maximum Gasteiger partial charge on any atom is 0.338 e. The first kappa shape index (κ1) is 28.0. The van der Waals surface area contributed by atoms with E-state index in [1.165, 1.54) is 22.0 Å². The van der Waals surface area contributed by atoms with Crippen LogP contribution in [0.4, 0.5) is 5.69 Å². The Kier molecular flexibility index (Phi) is 7.35. The summed E-state index contributed by atoms with van der Waals surface area (Å²) in [5, 5.41) is 11.5. The maximum absolute atomic E-state index is 13.9. The van der Waals surface area contributed by atoms with Gasteiger partial charge in [0.05, 0.1) is 38.9 Å². The molecule has 9 nitrogen and oxygen atoms in total. The predicted octanol–water partition coefficient (Wildman–Crippen LogP) is 5.26. The molecule has 4 aromatic rings. The van der Waals surface area contributed by atoms with Gasteiger partial charge in [-0.2, -0.15) is 0 Å². The van der Waals surface area contributed by atoms with Crippen molar-refractivity contribution in [3.05, 3.63) is 119 Å². The fourth-order valence-corrected chi connectivity index (χ4v) is 5.84. The number of hydrogen-bond acceptors (Lipinski definition) is 8. The van der Waals surface area contributed by atoms with Gasteiger partial charge in [0.2, 0.25) is 0 Å². The predicted molar refractivity (Wildman–Crippen MR) is 156 cm³/mol. The van der Waals surface area contributed by atoms with Crippen molar-refractivity contribution in [2.24, 2.45) is 4.99 Å². The molecule has 0 unspecified atom stereocenters. The second kappa shape index (κ2) is 10.8. The number of esters is 1. The number of aromatic nitrogens is 1. The Morgan fingerprint density at radius 2 is 1.85 bits per heavy atom. The van der Waals surface area contributed by atoms with Crippen LogP contribution in [-0.4, -0.2) is 22.1 Å². The fraction of sp³-hybridized carbons (Fsp3) is 0.258. The number of furan rings is 1. The largest absolute Gasteiger partial charge is 0.463 e. The van der Waals surface area contributed by atoms with Crippen molar-refractivity contribution in [2.45, 2.75) is 46.1 Å². The summed E-state index contributed by atoms with van der Waals surface area (Å²) >= 11 is 1.18. The van der Waals surface area contributed by atoms with E-state index in [1.54, 1.807) is 50.3 Å². The molecular weight excluding hydrogens is 542 g/mol. The third kappa shape index (κ3) is 5.30. The summed E-state index contributed by atoms with van der Waals surface area (Å²) in [4.78, 5) is 43.0. The zero-order chi connectivity index (χ0) is 29.5. The number of nitrogens with zero attached hydrogens (tertiary/aromatic N) is 3. The van der Waals surface area contributed by atoms with Crippen LogP contribution in [-0.2, 0) is 14.9 Å². The first-order valence-electron chi connectivity index (χ1n) is 13.1. The summed E-state index contributed by atoms with van der Waals surface area (Å²) < 4.78 is 13.1. The molecule has 2 aromatic heterocycles. The molecule has 0 bridgehead atoms. The number of fused-ring (bicyclic) bond motifs is 1. The van der Waals surface area contributed by atoms with Crippen molar-refractivity contribution < 1.29 is 18.9 Å². The molecule has 210 valence electrons. The monoisotopic (exact) mass is 571 g/mol. The second-order valence-corrected chi connectivity index (χ2v) is 11.7. The highest BCUT2D eigenvalue weighted by atomic mass is 32.1. The molecule has 1 aliphatic heterocycles. The average Bonchev–Trinajstić information content (AvgIpc) is 3.51. The lowest BCUT2D eigenvalue weighted by atomic mass is 9.85. The van der Waals surface area contributed by atoms with Gasteiger partial charge in [-0.1, -0.05) is 68.5 Å². The van der Waals surface area contributed by atoms with Gasteiger partial charge < -0.3 is 9.15 Å². The van der Waals surface area contributed by atoms with E-state index in [9.17, 15) is 19.7 Å². The van der Waals surface area contributed by atoms with Crippen LogP contribution in [0.25, 0.3) is 17.4 Å². The molecular formula is C31H29N3O6S. The number of nitro groups is 1. The van der Waals surface area contributed by atoms with Gasteiger partial charge in [-0.05, 0) is 48.6 Å². The van der Waals surface area contributed by atoms with Crippen molar-refractivity contribution in [3.63, 3.8) is 0 Å². The Morgan fingerprint density at radius 3 is 2.51 bits per heavy atom. The molecule has 0 radical (unpaired) electrons. The van der Waals surface area contributed by atoms with E-state index in [4.69, 9.17) is 9.15 Å². The smallest absolute Gasteiger partial charge is 0.338 e. The van der Waals surface area contributed by atoms with Gasteiger partial charge in [-0.25, -0.2) is 9.79 Å². The van der Waals surface area contributed by atoms with E-state index in [2.05, 4.69) is 25.8 Å². The highest BCUT2D eigenvalue weighted by Gasteiger charge is 2.33. The number of hydrogen-bond donors (Lipinski definition) is 0. The summed E-state index contributed by atoms with van der Waals surface area (Å²) in [6.07, 6.45) is 1.59. The summed E-state index contributed by atoms with van der Waals surface area (Å²) in [7, 11) is 0. The van der Waals surface area contributed by atoms with E-state index in [-0.39, 0.29) is 23.3 Å². The lowest BCUT2D eigenvalue weighted by Crippen LogP contribution is -2.40. The molecule has 2 aromatic carbocycles. The van der Waals surface area contributed by atoms with E-state index >= 15 is 0 Å². The van der Waals surface area contributed by atoms with Crippen LogP contribution in [0.2, 0.25) is 0 Å². The standard InChI is InChI=1S/C31H29N3O6S/c1-6-39-29(36)26-18(2)32-30-33(27(26)19-11-13-20(14-12-19)31(3,4)5)28(35)25(41-30)17-21-15-16-24(40-21)22-9-7-8-10-23(22)34(37)38/h7-17,27H,6H2,1-5H3/b25-17+/t27-/m0/s1. The number of rotatable bonds is 6. The van der Waals surface area contributed by atoms with Crippen LogP contribution in [0, 0.1) is 10.1 Å². The molecule has 0 N–H and O–H groups in total. The lowest BCUT2D eigenvalue weighted by molar-refractivity contribution is -0.384. The van der Waals surface area contributed by atoms with Crippen LogP contribution in [0.5, 0.6) is 0 Å². The number of ether oxygens (including phenoxy) is 1. The number of nitro benzene ring substituents is 1. The minimum Gasteiger partial charge on any atom is -0.463 e. The molecule has 1 aliphatic rings. The highest BCUT2D eigenvalue weighted by Crippen LogP contribution is 2.33. The fourth-order valence-electron chi connectivity index (χ4n) is 4.82. The van der Waals surface area contributed by atoms with E-state index < -0.39 is 16.9 Å². The number of thiazole rings is 1. The van der Waals surface area contributed by atoms with Crippen LogP contribution in [0.3, 0.4) is 0 Å². The van der Waals surface area contributed by atoms with E-state index in [0.29, 0.717) is 37.7 Å². The molecule has 0 fully saturated rings. The summed E-state index contributed by atoms with van der Waals surface area (Å²) in [6, 6.07) is 16.8. The molecule has 0 amide bonds. The molecule has 3 heterocycles. The van der Waals surface area contributed by atoms with Crippen LogP contribution < -0.4 is 14.9 Å². The number of allylic oxidation sites excluding steroid dienone is 1. The Balaban J connectivity index is 1.63. The van der Waals surface area contributed by atoms with Crippen LogP contribution >= 0.6 is 11.3 Å². The topological polar surface area (TPSA) is 117 Å².